The molecule has 0 amide bonds. The summed E-state index contributed by atoms with van der Waals surface area (Å²) in [5.74, 6) is 0.707. The minimum atomic E-state index is 0.347. The van der Waals surface area contributed by atoms with Gasteiger partial charge in [-0.1, -0.05) is 33.8 Å². The van der Waals surface area contributed by atoms with E-state index in [1.165, 1.54) is 12.8 Å². The van der Waals surface area contributed by atoms with Crippen LogP contribution in [0, 0.1) is 5.92 Å². The van der Waals surface area contributed by atoms with Gasteiger partial charge in [0, 0.05) is 31.2 Å². The minimum Gasteiger partial charge on any atom is -0.311 e. The van der Waals surface area contributed by atoms with E-state index in [-0.39, 0.29) is 0 Å². The molecule has 16 heavy (non-hydrogen) atoms. The Balaban J connectivity index is 2.77. The minimum absolute atomic E-state index is 0.347. The zero-order valence-corrected chi connectivity index (χ0v) is 11.4. The highest BCUT2D eigenvalue weighted by atomic mass is 15.3. The summed E-state index contributed by atoms with van der Waals surface area (Å²) in [6.45, 7) is 16.4. The van der Waals surface area contributed by atoms with Crippen LogP contribution in [0.3, 0.4) is 0 Å². The van der Waals surface area contributed by atoms with Crippen molar-refractivity contribution in [1.29, 1.82) is 0 Å². The normalized spacial score (nSPS) is 25.9. The Morgan fingerprint density at radius 2 is 2.06 bits per heavy atom. The van der Waals surface area contributed by atoms with E-state index in [0.29, 0.717) is 17.5 Å². The van der Waals surface area contributed by atoms with Crippen molar-refractivity contribution in [2.45, 2.75) is 52.1 Å². The zero-order chi connectivity index (χ0) is 12.2. The highest BCUT2D eigenvalue weighted by molar-refractivity contribution is 4.99. The fraction of sp³-hybridized carbons (Fsp3) is 0.857. The summed E-state index contributed by atoms with van der Waals surface area (Å²) in [7, 11) is 0. The van der Waals surface area contributed by atoms with Crippen molar-refractivity contribution >= 4 is 0 Å². The fourth-order valence-corrected chi connectivity index (χ4v) is 2.75. The van der Waals surface area contributed by atoms with Crippen LogP contribution in [0.15, 0.2) is 12.7 Å². The van der Waals surface area contributed by atoms with E-state index in [4.69, 9.17) is 0 Å². The Morgan fingerprint density at radius 3 is 2.50 bits per heavy atom. The highest BCUT2D eigenvalue weighted by Gasteiger charge is 2.38. The molecule has 0 aliphatic carbocycles. The van der Waals surface area contributed by atoms with Crippen LogP contribution < -0.4 is 5.32 Å². The Kier molecular flexibility index (Phi) is 5.00. The van der Waals surface area contributed by atoms with E-state index in [9.17, 15) is 0 Å². The summed E-state index contributed by atoms with van der Waals surface area (Å²) in [4.78, 5) is 2.63. The lowest BCUT2D eigenvalue weighted by Crippen LogP contribution is -2.65. The van der Waals surface area contributed by atoms with Gasteiger partial charge in [-0.05, 0) is 18.8 Å². The lowest BCUT2D eigenvalue weighted by molar-refractivity contribution is 0.0326. The molecule has 0 bridgehead atoms. The van der Waals surface area contributed by atoms with Gasteiger partial charge >= 0.3 is 0 Å². The quantitative estimate of drug-likeness (QED) is 0.722. The molecule has 0 aromatic rings. The van der Waals surface area contributed by atoms with Crippen molar-refractivity contribution in [3.8, 4) is 0 Å². The molecule has 94 valence electrons. The second kappa shape index (κ2) is 5.83. The molecule has 0 spiro atoms. The molecule has 1 heterocycles. The predicted octanol–water partition coefficient (Wildman–Crippen LogP) is 2.66. The topological polar surface area (TPSA) is 15.3 Å². The first kappa shape index (κ1) is 13.7. The average Bonchev–Trinajstić information content (AvgIpc) is 2.29. The van der Waals surface area contributed by atoms with Gasteiger partial charge in [-0.3, -0.25) is 4.90 Å². The number of hydrogen-bond acceptors (Lipinski definition) is 2. The van der Waals surface area contributed by atoms with E-state index in [0.717, 1.165) is 19.6 Å². The molecule has 2 heteroatoms. The van der Waals surface area contributed by atoms with Crippen LogP contribution in [0.1, 0.15) is 40.5 Å². The van der Waals surface area contributed by atoms with Crippen molar-refractivity contribution in [2.75, 3.05) is 19.6 Å². The molecule has 0 radical (unpaired) electrons. The molecule has 0 aromatic carbocycles. The van der Waals surface area contributed by atoms with E-state index in [2.05, 4.69) is 44.5 Å². The first-order chi connectivity index (χ1) is 7.59. The van der Waals surface area contributed by atoms with Gasteiger partial charge in [-0.2, -0.15) is 0 Å². The molecule has 1 saturated heterocycles. The molecule has 1 atom stereocenters. The zero-order valence-electron chi connectivity index (χ0n) is 11.4. The van der Waals surface area contributed by atoms with E-state index < -0.39 is 0 Å². The third-order valence-corrected chi connectivity index (χ3v) is 4.25. The molecular formula is C14H28N2. The smallest absolute Gasteiger partial charge is 0.0332 e. The summed E-state index contributed by atoms with van der Waals surface area (Å²) >= 11 is 0. The molecule has 1 aliphatic rings. The van der Waals surface area contributed by atoms with Gasteiger partial charge in [-0.15, -0.1) is 6.58 Å². The summed E-state index contributed by atoms with van der Waals surface area (Å²) in [5, 5.41) is 3.72. The fourth-order valence-electron chi connectivity index (χ4n) is 2.75. The van der Waals surface area contributed by atoms with Crippen LogP contribution >= 0.6 is 0 Å². The van der Waals surface area contributed by atoms with Crippen LogP contribution in [0.25, 0.3) is 0 Å². The maximum absolute atomic E-state index is 3.90. The van der Waals surface area contributed by atoms with Crippen LogP contribution in [0.2, 0.25) is 0 Å². The Bertz CT molecular complexity index is 219. The number of nitrogens with zero attached hydrogens (tertiary/aromatic N) is 1. The number of rotatable bonds is 5. The SMILES string of the molecule is C=CCN1CC(C(C)C)NCC1(CC)CC. The van der Waals surface area contributed by atoms with Gasteiger partial charge in [0.1, 0.15) is 0 Å². The average molecular weight is 224 g/mol. The third-order valence-electron chi connectivity index (χ3n) is 4.25. The van der Waals surface area contributed by atoms with Crippen molar-refractivity contribution in [2.24, 2.45) is 5.92 Å². The number of piperazine rings is 1. The standard InChI is InChI=1S/C14H28N2/c1-6-9-16-10-13(12(4)5)15-11-14(16,7-2)8-3/h6,12-13,15H,1,7-11H2,2-5H3. The summed E-state index contributed by atoms with van der Waals surface area (Å²) < 4.78 is 0. The molecule has 1 rings (SSSR count). The molecule has 1 fully saturated rings. The highest BCUT2D eigenvalue weighted by Crippen LogP contribution is 2.28. The van der Waals surface area contributed by atoms with Crippen LogP contribution in [0.4, 0.5) is 0 Å². The van der Waals surface area contributed by atoms with Gasteiger partial charge in [0.2, 0.25) is 0 Å². The van der Waals surface area contributed by atoms with Crippen LogP contribution in [-0.4, -0.2) is 36.1 Å². The van der Waals surface area contributed by atoms with Crippen molar-refractivity contribution in [3.63, 3.8) is 0 Å². The molecule has 1 aliphatic heterocycles. The van der Waals surface area contributed by atoms with Crippen molar-refractivity contribution in [3.05, 3.63) is 12.7 Å². The van der Waals surface area contributed by atoms with Crippen LogP contribution in [0.5, 0.6) is 0 Å². The maximum atomic E-state index is 3.90. The third kappa shape index (κ3) is 2.67. The molecule has 1 unspecified atom stereocenters. The van der Waals surface area contributed by atoms with Crippen molar-refractivity contribution < 1.29 is 0 Å². The molecule has 0 aromatic heterocycles. The maximum Gasteiger partial charge on any atom is 0.0332 e. The van der Waals surface area contributed by atoms with E-state index in [1.54, 1.807) is 0 Å². The largest absolute Gasteiger partial charge is 0.311 e. The van der Waals surface area contributed by atoms with E-state index >= 15 is 0 Å². The Labute approximate surface area is 101 Å². The van der Waals surface area contributed by atoms with Crippen molar-refractivity contribution in [1.82, 2.24) is 10.2 Å². The van der Waals surface area contributed by atoms with Gasteiger partial charge in [-0.25, -0.2) is 0 Å². The van der Waals surface area contributed by atoms with Gasteiger partial charge < -0.3 is 5.32 Å². The lowest BCUT2D eigenvalue weighted by Gasteiger charge is -2.50. The van der Waals surface area contributed by atoms with Crippen LogP contribution in [-0.2, 0) is 0 Å². The predicted molar refractivity (Wildman–Crippen MR) is 71.7 cm³/mol. The second-order valence-corrected chi connectivity index (χ2v) is 5.36. The Morgan fingerprint density at radius 1 is 1.44 bits per heavy atom. The number of nitrogens with one attached hydrogen (secondary N) is 1. The molecular weight excluding hydrogens is 196 g/mol. The summed E-state index contributed by atoms with van der Waals surface area (Å²) in [6.07, 6.45) is 4.48. The van der Waals surface area contributed by atoms with Gasteiger partial charge in [0.05, 0.1) is 0 Å². The first-order valence-electron chi connectivity index (χ1n) is 6.69. The van der Waals surface area contributed by atoms with Gasteiger partial charge in [0.15, 0.2) is 0 Å². The van der Waals surface area contributed by atoms with E-state index in [1.807, 2.05) is 6.08 Å². The number of hydrogen-bond donors (Lipinski definition) is 1. The summed E-state index contributed by atoms with van der Waals surface area (Å²) in [6, 6.07) is 0.631. The molecule has 2 nitrogen and oxygen atoms in total. The first-order valence-corrected chi connectivity index (χ1v) is 6.69. The second-order valence-electron chi connectivity index (χ2n) is 5.36. The molecule has 0 saturated carbocycles. The van der Waals surface area contributed by atoms with Gasteiger partial charge in [0.25, 0.3) is 0 Å². The Hall–Kier alpha value is -0.340. The molecule has 1 N–H and O–H groups in total. The monoisotopic (exact) mass is 224 g/mol. The lowest BCUT2D eigenvalue weighted by atomic mass is 9.85. The summed E-state index contributed by atoms with van der Waals surface area (Å²) in [5.41, 5.74) is 0.347.